The third kappa shape index (κ3) is 4.56. The van der Waals surface area contributed by atoms with Crippen LogP contribution >= 0.6 is 11.3 Å². The number of sulfonamides is 1. The molecular weight excluding hydrogens is 398 g/mol. The Hall–Kier alpha value is -3.17. The second-order valence-corrected chi connectivity index (χ2v) is 8.70. The fourth-order valence-corrected chi connectivity index (χ4v) is 4.47. The summed E-state index contributed by atoms with van der Waals surface area (Å²) < 4.78 is 27.2. The van der Waals surface area contributed by atoms with Crippen molar-refractivity contribution in [1.29, 1.82) is 0 Å². The standard InChI is InChI=1S/C19H17N3O4S2/c1-13-6-2-3-9-16(13)19(24)21-20-18(23)14-7-4-8-15(12-14)22-28(25,26)17-10-5-11-27-17/h2-12,22H,1H3,(H,20,23)(H,21,24). The molecular formula is C19H17N3O4S2. The first-order chi connectivity index (χ1) is 13.4. The Labute approximate surface area is 166 Å². The molecule has 7 nitrogen and oxygen atoms in total. The summed E-state index contributed by atoms with van der Waals surface area (Å²) in [7, 11) is -3.71. The molecule has 0 unspecified atom stereocenters. The number of aryl methyl sites for hydroxylation is 1. The van der Waals surface area contributed by atoms with Crippen LogP contribution in [-0.4, -0.2) is 20.2 Å². The van der Waals surface area contributed by atoms with Crippen LogP contribution < -0.4 is 15.6 Å². The van der Waals surface area contributed by atoms with Crippen molar-refractivity contribution in [1.82, 2.24) is 10.9 Å². The number of thiophene rings is 1. The fourth-order valence-electron chi connectivity index (χ4n) is 2.43. The average Bonchev–Trinajstić information content (AvgIpc) is 3.22. The average molecular weight is 415 g/mol. The second kappa shape index (κ2) is 8.24. The van der Waals surface area contributed by atoms with Crippen LogP contribution in [0.1, 0.15) is 26.3 Å². The van der Waals surface area contributed by atoms with Gasteiger partial charge in [0.25, 0.3) is 21.8 Å². The Morgan fingerprint density at radius 1 is 0.893 bits per heavy atom. The Balaban J connectivity index is 1.67. The van der Waals surface area contributed by atoms with Gasteiger partial charge in [0.15, 0.2) is 0 Å². The van der Waals surface area contributed by atoms with Gasteiger partial charge in [0, 0.05) is 16.8 Å². The first-order valence-corrected chi connectivity index (χ1v) is 10.6. The van der Waals surface area contributed by atoms with Crippen molar-refractivity contribution in [3.63, 3.8) is 0 Å². The number of carbonyl (C=O) groups is 2. The van der Waals surface area contributed by atoms with Gasteiger partial charge in [-0.25, -0.2) is 8.42 Å². The molecule has 0 saturated carbocycles. The lowest BCUT2D eigenvalue weighted by Gasteiger charge is -2.10. The summed E-state index contributed by atoms with van der Waals surface area (Å²) >= 11 is 1.09. The van der Waals surface area contributed by atoms with E-state index in [2.05, 4.69) is 15.6 Å². The highest BCUT2D eigenvalue weighted by Crippen LogP contribution is 2.20. The van der Waals surface area contributed by atoms with Crippen molar-refractivity contribution in [2.24, 2.45) is 0 Å². The lowest BCUT2D eigenvalue weighted by Crippen LogP contribution is -2.41. The van der Waals surface area contributed by atoms with E-state index in [1.165, 1.54) is 24.3 Å². The van der Waals surface area contributed by atoms with Crippen molar-refractivity contribution in [3.05, 3.63) is 82.7 Å². The summed E-state index contributed by atoms with van der Waals surface area (Å²) in [4.78, 5) is 24.5. The monoisotopic (exact) mass is 415 g/mol. The quantitative estimate of drug-likeness (QED) is 0.557. The van der Waals surface area contributed by atoms with Crippen molar-refractivity contribution >= 4 is 38.9 Å². The Morgan fingerprint density at radius 3 is 2.36 bits per heavy atom. The minimum Gasteiger partial charge on any atom is -0.279 e. The number of carbonyl (C=O) groups excluding carboxylic acids is 2. The fraction of sp³-hybridized carbons (Fsp3) is 0.0526. The number of benzene rings is 2. The van der Waals surface area contributed by atoms with E-state index < -0.39 is 21.8 Å². The minimum atomic E-state index is -3.71. The van der Waals surface area contributed by atoms with E-state index in [0.29, 0.717) is 5.56 Å². The molecule has 2 amide bonds. The highest BCUT2D eigenvalue weighted by atomic mass is 32.2. The molecule has 0 aliphatic rings. The summed E-state index contributed by atoms with van der Waals surface area (Å²) in [6, 6.07) is 16.1. The summed E-state index contributed by atoms with van der Waals surface area (Å²) in [6.07, 6.45) is 0. The molecule has 3 aromatic rings. The smallest absolute Gasteiger partial charge is 0.271 e. The molecule has 2 aromatic carbocycles. The normalized spacial score (nSPS) is 10.9. The van der Waals surface area contributed by atoms with E-state index in [9.17, 15) is 18.0 Å². The van der Waals surface area contributed by atoms with E-state index in [1.807, 2.05) is 6.07 Å². The lowest BCUT2D eigenvalue weighted by atomic mass is 10.1. The molecule has 0 aliphatic carbocycles. The van der Waals surface area contributed by atoms with Crippen LogP contribution in [0.4, 0.5) is 5.69 Å². The molecule has 3 N–H and O–H groups in total. The first kappa shape index (κ1) is 19.6. The number of hydrogen-bond donors (Lipinski definition) is 3. The van der Waals surface area contributed by atoms with Gasteiger partial charge in [0.1, 0.15) is 4.21 Å². The number of hydrazine groups is 1. The Bertz CT molecular complexity index is 1110. The van der Waals surface area contributed by atoms with Gasteiger partial charge in [-0.15, -0.1) is 11.3 Å². The van der Waals surface area contributed by atoms with Crippen LogP contribution in [0.15, 0.2) is 70.3 Å². The number of nitrogens with one attached hydrogen (secondary N) is 3. The van der Waals surface area contributed by atoms with E-state index in [4.69, 9.17) is 0 Å². The highest BCUT2D eigenvalue weighted by Gasteiger charge is 2.16. The number of hydrogen-bond acceptors (Lipinski definition) is 5. The van der Waals surface area contributed by atoms with Gasteiger partial charge in [-0.3, -0.25) is 25.2 Å². The maximum absolute atomic E-state index is 12.3. The number of amides is 2. The van der Waals surface area contributed by atoms with Crippen LogP contribution in [0.5, 0.6) is 0 Å². The predicted molar refractivity (Wildman–Crippen MR) is 108 cm³/mol. The largest absolute Gasteiger partial charge is 0.279 e. The summed E-state index contributed by atoms with van der Waals surface area (Å²) in [5.74, 6) is -1.01. The maximum Gasteiger partial charge on any atom is 0.271 e. The maximum atomic E-state index is 12.3. The molecule has 0 radical (unpaired) electrons. The summed E-state index contributed by atoms with van der Waals surface area (Å²) in [5, 5.41) is 1.66. The minimum absolute atomic E-state index is 0.174. The molecule has 1 aromatic heterocycles. The van der Waals surface area contributed by atoms with Crippen molar-refractivity contribution in [2.45, 2.75) is 11.1 Å². The van der Waals surface area contributed by atoms with Gasteiger partial charge >= 0.3 is 0 Å². The Morgan fingerprint density at radius 2 is 1.64 bits per heavy atom. The van der Waals surface area contributed by atoms with Gasteiger partial charge in [-0.1, -0.05) is 30.3 Å². The van der Waals surface area contributed by atoms with Gasteiger partial charge in [0.2, 0.25) is 0 Å². The molecule has 0 aliphatic heterocycles. The zero-order valence-electron chi connectivity index (χ0n) is 14.8. The molecule has 144 valence electrons. The van der Waals surface area contributed by atoms with E-state index in [1.54, 1.807) is 42.6 Å². The van der Waals surface area contributed by atoms with Gasteiger partial charge in [0.05, 0.1) is 0 Å². The molecule has 9 heteroatoms. The molecule has 28 heavy (non-hydrogen) atoms. The van der Waals surface area contributed by atoms with Crippen LogP contribution in [0.25, 0.3) is 0 Å². The van der Waals surface area contributed by atoms with Crippen LogP contribution in [0, 0.1) is 6.92 Å². The highest BCUT2D eigenvalue weighted by molar-refractivity contribution is 7.94. The molecule has 0 saturated heterocycles. The van der Waals surface area contributed by atoms with Gasteiger partial charge in [-0.2, -0.15) is 0 Å². The van der Waals surface area contributed by atoms with Crippen LogP contribution in [0.3, 0.4) is 0 Å². The third-order valence-electron chi connectivity index (χ3n) is 3.82. The van der Waals surface area contributed by atoms with Crippen LogP contribution in [-0.2, 0) is 10.0 Å². The Kier molecular flexibility index (Phi) is 5.76. The first-order valence-electron chi connectivity index (χ1n) is 8.19. The summed E-state index contributed by atoms with van der Waals surface area (Å²) in [6.45, 7) is 1.79. The topological polar surface area (TPSA) is 104 Å². The van der Waals surface area contributed by atoms with Gasteiger partial charge in [-0.05, 0) is 48.2 Å². The molecule has 0 bridgehead atoms. The summed E-state index contributed by atoms with van der Waals surface area (Å²) in [5.41, 5.74) is 6.34. The van der Waals surface area contributed by atoms with Gasteiger partial charge < -0.3 is 0 Å². The van der Waals surface area contributed by atoms with E-state index in [-0.39, 0.29) is 15.5 Å². The van der Waals surface area contributed by atoms with Crippen molar-refractivity contribution in [2.75, 3.05) is 4.72 Å². The van der Waals surface area contributed by atoms with E-state index >= 15 is 0 Å². The molecule has 0 spiro atoms. The molecule has 0 atom stereocenters. The van der Waals surface area contributed by atoms with Crippen molar-refractivity contribution in [3.8, 4) is 0 Å². The van der Waals surface area contributed by atoms with E-state index in [0.717, 1.165) is 16.9 Å². The predicted octanol–water partition coefficient (Wildman–Crippen LogP) is 2.93. The number of anilines is 1. The zero-order valence-corrected chi connectivity index (χ0v) is 16.4. The SMILES string of the molecule is Cc1ccccc1C(=O)NNC(=O)c1cccc(NS(=O)(=O)c2cccs2)c1. The van der Waals surface area contributed by atoms with Crippen molar-refractivity contribution < 1.29 is 18.0 Å². The third-order valence-corrected chi connectivity index (χ3v) is 6.59. The lowest BCUT2D eigenvalue weighted by molar-refractivity contribution is 0.0846. The zero-order chi connectivity index (χ0) is 20.1. The molecule has 0 fully saturated rings. The molecule has 1 heterocycles. The van der Waals surface area contributed by atoms with Crippen LogP contribution in [0.2, 0.25) is 0 Å². The number of rotatable bonds is 5. The molecule has 3 rings (SSSR count). The second-order valence-electron chi connectivity index (χ2n) is 5.84.